The van der Waals surface area contributed by atoms with Gasteiger partial charge in [-0.15, -0.1) is 0 Å². The van der Waals surface area contributed by atoms with Crippen LogP contribution in [0.15, 0.2) is 60.9 Å². The summed E-state index contributed by atoms with van der Waals surface area (Å²) in [5.41, 5.74) is 2.34. The van der Waals surface area contributed by atoms with E-state index in [-0.39, 0.29) is 35.8 Å². The summed E-state index contributed by atoms with van der Waals surface area (Å²) in [7, 11) is 0. The van der Waals surface area contributed by atoms with Crippen molar-refractivity contribution in [2.45, 2.75) is 57.9 Å². The molecule has 0 radical (unpaired) electrons. The molecule has 1 aromatic heterocycles. The van der Waals surface area contributed by atoms with E-state index in [1.807, 2.05) is 61.5 Å². The Morgan fingerprint density at radius 3 is 2.46 bits per heavy atom. The lowest BCUT2D eigenvalue weighted by Gasteiger charge is -2.44. The minimum atomic E-state index is -1.08. The smallest absolute Gasteiger partial charge is 0.274 e. The van der Waals surface area contributed by atoms with Crippen molar-refractivity contribution in [3.8, 4) is 0 Å². The molecule has 1 unspecified atom stereocenters. The number of carbonyl (C=O) groups excluding carboxylic acids is 3. The normalized spacial score (nSPS) is 19.3. The minimum Gasteiger partial charge on any atom is -0.350 e. The molecule has 180 valence electrons. The average molecular weight is 472 g/mol. The number of amides is 3. The topological polar surface area (TPSA) is 96.3 Å². The molecule has 3 amide bonds. The van der Waals surface area contributed by atoms with Gasteiger partial charge in [-0.2, -0.15) is 0 Å². The number of benzene rings is 2. The fourth-order valence-corrected chi connectivity index (χ4v) is 4.78. The molecule has 1 fully saturated rings. The predicted molar refractivity (Wildman–Crippen MR) is 130 cm³/mol. The number of rotatable bonds is 7. The largest absolute Gasteiger partial charge is 0.350 e. The maximum Gasteiger partial charge on any atom is 0.274 e. The van der Waals surface area contributed by atoms with Crippen LogP contribution >= 0.6 is 0 Å². The fraction of sp³-hybridized carbons (Fsp3) is 0.333. The number of carbonyl (C=O) groups is 3. The van der Waals surface area contributed by atoms with Crippen molar-refractivity contribution in [3.05, 3.63) is 89.0 Å². The molecule has 2 N–H and O–H groups in total. The van der Waals surface area contributed by atoms with E-state index in [1.54, 1.807) is 16.4 Å². The van der Waals surface area contributed by atoms with E-state index in [4.69, 9.17) is 0 Å². The van der Waals surface area contributed by atoms with Gasteiger partial charge in [0.2, 0.25) is 5.91 Å². The summed E-state index contributed by atoms with van der Waals surface area (Å²) >= 11 is 0. The standard InChI is InChI=1S/C27H29N5O3/c1-18-7-6-10-20(13-18)15-29-26(35)27(2)16-31-17-30-22(23(31)25(34)32(27)21-11-12-21)24(33)28-14-19-8-4-3-5-9-19/h3-10,13,17,21H,11-12,14-16H2,1-2H3,(H,28,33)(H,29,35). The van der Waals surface area contributed by atoms with Crippen molar-refractivity contribution >= 4 is 17.7 Å². The molecular formula is C27H29N5O3. The maximum atomic E-state index is 13.7. The van der Waals surface area contributed by atoms with Crippen LogP contribution in [0.3, 0.4) is 0 Å². The first-order valence-electron chi connectivity index (χ1n) is 11.9. The van der Waals surface area contributed by atoms with Gasteiger partial charge in [0.1, 0.15) is 11.2 Å². The first-order chi connectivity index (χ1) is 16.9. The molecule has 35 heavy (non-hydrogen) atoms. The molecule has 5 rings (SSSR count). The van der Waals surface area contributed by atoms with Gasteiger partial charge in [-0.3, -0.25) is 14.4 Å². The SMILES string of the molecule is Cc1cccc(CNC(=O)C2(C)Cn3cnc(C(=O)NCc4ccccc4)c3C(=O)N2C2CC2)c1. The molecule has 2 aromatic carbocycles. The molecule has 8 heteroatoms. The lowest BCUT2D eigenvalue weighted by atomic mass is 9.93. The van der Waals surface area contributed by atoms with Crippen molar-refractivity contribution in [1.82, 2.24) is 25.1 Å². The van der Waals surface area contributed by atoms with E-state index < -0.39 is 11.4 Å². The van der Waals surface area contributed by atoms with Gasteiger partial charge >= 0.3 is 0 Å². The van der Waals surface area contributed by atoms with Crippen LogP contribution < -0.4 is 10.6 Å². The number of hydrogen-bond donors (Lipinski definition) is 2. The van der Waals surface area contributed by atoms with E-state index >= 15 is 0 Å². The first kappa shape index (κ1) is 22.8. The monoisotopic (exact) mass is 471 g/mol. The van der Waals surface area contributed by atoms with Crippen LogP contribution in [-0.4, -0.2) is 43.8 Å². The van der Waals surface area contributed by atoms with E-state index in [9.17, 15) is 14.4 Å². The van der Waals surface area contributed by atoms with Crippen molar-refractivity contribution in [2.24, 2.45) is 0 Å². The van der Waals surface area contributed by atoms with Gasteiger partial charge in [-0.1, -0.05) is 60.2 Å². The van der Waals surface area contributed by atoms with Gasteiger partial charge in [0.25, 0.3) is 11.8 Å². The number of aryl methyl sites for hydroxylation is 1. The van der Waals surface area contributed by atoms with Gasteiger partial charge in [-0.05, 0) is 37.8 Å². The van der Waals surface area contributed by atoms with Crippen molar-refractivity contribution < 1.29 is 14.4 Å². The highest BCUT2D eigenvalue weighted by atomic mass is 16.2. The van der Waals surface area contributed by atoms with Crippen LogP contribution in [0.25, 0.3) is 0 Å². The molecule has 1 aliphatic heterocycles. The summed E-state index contributed by atoms with van der Waals surface area (Å²) in [4.78, 5) is 46.0. The minimum absolute atomic E-state index is 0.0129. The van der Waals surface area contributed by atoms with Gasteiger partial charge in [0.15, 0.2) is 5.69 Å². The highest BCUT2D eigenvalue weighted by molar-refractivity contribution is 6.07. The van der Waals surface area contributed by atoms with Gasteiger partial charge in [0, 0.05) is 19.1 Å². The van der Waals surface area contributed by atoms with Gasteiger partial charge in [-0.25, -0.2) is 4.98 Å². The molecule has 0 bridgehead atoms. The van der Waals surface area contributed by atoms with Gasteiger partial charge in [0.05, 0.1) is 12.9 Å². The zero-order chi connectivity index (χ0) is 24.6. The Balaban J connectivity index is 1.37. The quantitative estimate of drug-likeness (QED) is 0.554. The lowest BCUT2D eigenvalue weighted by Crippen LogP contribution is -2.64. The van der Waals surface area contributed by atoms with Crippen LogP contribution in [0.5, 0.6) is 0 Å². The summed E-state index contributed by atoms with van der Waals surface area (Å²) < 4.78 is 1.64. The number of hydrogen-bond acceptors (Lipinski definition) is 4. The second-order valence-electron chi connectivity index (χ2n) is 9.59. The van der Waals surface area contributed by atoms with E-state index in [1.165, 1.54) is 6.33 Å². The number of nitrogens with zero attached hydrogens (tertiary/aromatic N) is 3. The molecule has 1 atom stereocenters. The first-order valence-corrected chi connectivity index (χ1v) is 11.9. The Morgan fingerprint density at radius 1 is 1.03 bits per heavy atom. The summed E-state index contributed by atoms with van der Waals surface area (Å²) in [6.45, 7) is 4.77. The molecule has 1 aliphatic carbocycles. The second-order valence-corrected chi connectivity index (χ2v) is 9.59. The maximum absolute atomic E-state index is 13.7. The molecule has 0 saturated heterocycles. The van der Waals surface area contributed by atoms with Crippen LogP contribution in [0.1, 0.15) is 57.4 Å². The van der Waals surface area contributed by atoms with Crippen LogP contribution in [-0.2, 0) is 24.4 Å². The van der Waals surface area contributed by atoms with Gasteiger partial charge < -0.3 is 20.1 Å². The van der Waals surface area contributed by atoms with E-state index in [0.29, 0.717) is 13.1 Å². The third-order valence-electron chi connectivity index (χ3n) is 6.72. The van der Waals surface area contributed by atoms with Crippen LogP contribution in [0.2, 0.25) is 0 Å². The summed E-state index contributed by atoms with van der Waals surface area (Å²) in [6, 6.07) is 17.5. The van der Waals surface area contributed by atoms with E-state index in [0.717, 1.165) is 29.5 Å². The second kappa shape index (κ2) is 9.02. The summed E-state index contributed by atoms with van der Waals surface area (Å²) in [5.74, 6) is -0.942. The zero-order valence-corrected chi connectivity index (χ0v) is 20.0. The molecule has 1 saturated carbocycles. The van der Waals surface area contributed by atoms with Crippen molar-refractivity contribution in [3.63, 3.8) is 0 Å². The average Bonchev–Trinajstić information content (AvgIpc) is 3.59. The van der Waals surface area contributed by atoms with Crippen molar-refractivity contribution in [2.75, 3.05) is 0 Å². The highest BCUT2D eigenvalue weighted by Gasteiger charge is 2.53. The summed E-state index contributed by atoms with van der Waals surface area (Å²) in [5, 5.41) is 5.88. The van der Waals surface area contributed by atoms with Crippen LogP contribution in [0, 0.1) is 6.92 Å². The Hall–Kier alpha value is -3.94. The number of fused-ring (bicyclic) bond motifs is 1. The zero-order valence-electron chi connectivity index (χ0n) is 20.0. The molecule has 2 heterocycles. The Labute approximate surface area is 204 Å². The number of imidazole rings is 1. The molecule has 0 spiro atoms. The molecule has 2 aliphatic rings. The predicted octanol–water partition coefficient (Wildman–Crippen LogP) is 2.81. The Bertz CT molecular complexity index is 1280. The number of nitrogens with one attached hydrogen (secondary N) is 2. The fourth-order valence-electron chi connectivity index (χ4n) is 4.78. The Morgan fingerprint density at radius 2 is 1.74 bits per heavy atom. The third-order valence-corrected chi connectivity index (χ3v) is 6.72. The number of aromatic nitrogens is 2. The van der Waals surface area contributed by atoms with Crippen molar-refractivity contribution in [1.29, 1.82) is 0 Å². The molecular weight excluding hydrogens is 442 g/mol. The van der Waals surface area contributed by atoms with Crippen LogP contribution in [0.4, 0.5) is 0 Å². The lowest BCUT2D eigenvalue weighted by molar-refractivity contribution is -0.133. The highest BCUT2D eigenvalue weighted by Crippen LogP contribution is 2.38. The Kier molecular flexibility index (Phi) is 5.88. The molecule has 3 aromatic rings. The van der Waals surface area contributed by atoms with E-state index in [2.05, 4.69) is 15.6 Å². The summed E-state index contributed by atoms with van der Waals surface area (Å²) in [6.07, 6.45) is 3.17. The molecule has 8 nitrogen and oxygen atoms in total. The third kappa shape index (κ3) is 4.43.